The average Bonchev–Trinajstić information content (AvgIpc) is 2.78. The fourth-order valence-corrected chi connectivity index (χ4v) is 1.82. The van der Waals surface area contributed by atoms with E-state index in [4.69, 9.17) is 4.74 Å². The summed E-state index contributed by atoms with van der Waals surface area (Å²) in [4.78, 5) is 25.9. The number of halogens is 1. The Labute approximate surface area is 116 Å². The van der Waals surface area contributed by atoms with Crippen LogP contribution >= 0.6 is 0 Å². The number of hydrogen-bond donors (Lipinski definition) is 1. The number of amides is 3. The SMILES string of the molecule is CN(C)C(=O)NCC1CN(c2ccc(F)cc2)C(=O)O1. The van der Waals surface area contributed by atoms with Crippen molar-refractivity contribution in [3.63, 3.8) is 0 Å². The van der Waals surface area contributed by atoms with Gasteiger partial charge in [0.25, 0.3) is 0 Å². The number of benzene rings is 1. The molecule has 1 fully saturated rings. The highest BCUT2D eigenvalue weighted by atomic mass is 19.1. The lowest BCUT2D eigenvalue weighted by Crippen LogP contribution is -2.40. The highest BCUT2D eigenvalue weighted by Gasteiger charge is 2.32. The molecule has 1 aromatic carbocycles. The van der Waals surface area contributed by atoms with Crippen LogP contribution in [-0.4, -0.2) is 50.3 Å². The Kier molecular flexibility index (Phi) is 4.07. The van der Waals surface area contributed by atoms with E-state index in [1.54, 1.807) is 14.1 Å². The Morgan fingerprint density at radius 2 is 2.10 bits per heavy atom. The Morgan fingerprint density at radius 1 is 1.45 bits per heavy atom. The summed E-state index contributed by atoms with van der Waals surface area (Å²) >= 11 is 0. The second-order valence-corrected chi connectivity index (χ2v) is 4.67. The van der Waals surface area contributed by atoms with Crippen LogP contribution in [0.2, 0.25) is 0 Å². The molecule has 1 saturated heterocycles. The number of carbonyl (C=O) groups excluding carboxylic acids is 2. The molecule has 0 radical (unpaired) electrons. The summed E-state index contributed by atoms with van der Waals surface area (Å²) in [5.74, 6) is -0.365. The van der Waals surface area contributed by atoms with Crippen LogP contribution in [-0.2, 0) is 4.74 Å². The summed E-state index contributed by atoms with van der Waals surface area (Å²) in [6.45, 7) is 0.554. The molecule has 1 atom stereocenters. The molecule has 0 saturated carbocycles. The van der Waals surface area contributed by atoms with Gasteiger partial charge in [0.05, 0.1) is 13.1 Å². The highest BCUT2D eigenvalue weighted by Crippen LogP contribution is 2.21. The minimum absolute atomic E-state index is 0.237. The highest BCUT2D eigenvalue weighted by molar-refractivity contribution is 5.89. The summed E-state index contributed by atoms with van der Waals surface area (Å²) in [5, 5.41) is 2.65. The molecule has 20 heavy (non-hydrogen) atoms. The molecular formula is C13H16FN3O3. The van der Waals surface area contributed by atoms with Crippen LogP contribution in [0.4, 0.5) is 19.7 Å². The molecule has 1 aromatic rings. The Bertz CT molecular complexity index is 504. The second-order valence-electron chi connectivity index (χ2n) is 4.67. The summed E-state index contributed by atoms with van der Waals surface area (Å²) in [6, 6.07) is 5.34. The fraction of sp³-hybridized carbons (Fsp3) is 0.385. The molecule has 0 aromatic heterocycles. The monoisotopic (exact) mass is 281 g/mol. The second kappa shape index (κ2) is 5.77. The fourth-order valence-electron chi connectivity index (χ4n) is 1.82. The van der Waals surface area contributed by atoms with Gasteiger partial charge in [0.1, 0.15) is 11.9 Å². The van der Waals surface area contributed by atoms with E-state index < -0.39 is 12.2 Å². The molecule has 6 nitrogen and oxygen atoms in total. The van der Waals surface area contributed by atoms with E-state index in [1.807, 2.05) is 0 Å². The van der Waals surface area contributed by atoms with Crippen LogP contribution in [0.5, 0.6) is 0 Å². The smallest absolute Gasteiger partial charge is 0.414 e. The Balaban J connectivity index is 1.94. The third kappa shape index (κ3) is 3.17. The van der Waals surface area contributed by atoms with E-state index in [0.717, 1.165) is 0 Å². The van der Waals surface area contributed by atoms with Crippen LogP contribution in [0.25, 0.3) is 0 Å². The number of anilines is 1. The van der Waals surface area contributed by atoms with Crippen molar-refractivity contribution < 1.29 is 18.7 Å². The molecule has 1 N–H and O–H groups in total. The number of carbonyl (C=O) groups is 2. The number of rotatable bonds is 3. The average molecular weight is 281 g/mol. The van der Waals surface area contributed by atoms with E-state index in [9.17, 15) is 14.0 Å². The predicted octanol–water partition coefficient (Wildman–Crippen LogP) is 1.42. The van der Waals surface area contributed by atoms with Crippen molar-refractivity contribution in [3.05, 3.63) is 30.1 Å². The molecular weight excluding hydrogens is 265 g/mol. The van der Waals surface area contributed by atoms with Crippen LogP contribution in [0.1, 0.15) is 0 Å². The van der Waals surface area contributed by atoms with Crippen LogP contribution < -0.4 is 10.2 Å². The van der Waals surface area contributed by atoms with Gasteiger partial charge < -0.3 is 15.0 Å². The van der Waals surface area contributed by atoms with Crippen molar-refractivity contribution in [2.24, 2.45) is 0 Å². The quantitative estimate of drug-likeness (QED) is 0.911. The molecule has 0 spiro atoms. The first-order chi connectivity index (χ1) is 9.47. The molecule has 1 heterocycles. The zero-order valence-electron chi connectivity index (χ0n) is 11.3. The molecule has 1 aliphatic rings. The van der Waals surface area contributed by atoms with Gasteiger partial charge >= 0.3 is 12.1 Å². The maximum absolute atomic E-state index is 12.8. The van der Waals surface area contributed by atoms with Gasteiger partial charge in [-0.2, -0.15) is 0 Å². The largest absolute Gasteiger partial charge is 0.442 e. The van der Waals surface area contributed by atoms with Gasteiger partial charge in [-0.3, -0.25) is 4.90 Å². The lowest BCUT2D eigenvalue weighted by atomic mass is 10.2. The lowest BCUT2D eigenvalue weighted by Gasteiger charge is -2.15. The first-order valence-corrected chi connectivity index (χ1v) is 6.16. The van der Waals surface area contributed by atoms with E-state index in [0.29, 0.717) is 12.2 Å². The van der Waals surface area contributed by atoms with E-state index in [2.05, 4.69) is 5.32 Å². The van der Waals surface area contributed by atoms with Crippen molar-refractivity contribution >= 4 is 17.8 Å². The molecule has 108 valence electrons. The first kappa shape index (κ1) is 14.1. The third-order valence-electron chi connectivity index (χ3n) is 2.90. The number of nitrogens with one attached hydrogen (secondary N) is 1. The van der Waals surface area contributed by atoms with Gasteiger partial charge in [0.15, 0.2) is 0 Å². The number of hydrogen-bond acceptors (Lipinski definition) is 3. The number of nitrogens with zero attached hydrogens (tertiary/aromatic N) is 2. The standard InChI is InChI=1S/C13H16FN3O3/c1-16(2)12(18)15-7-11-8-17(13(19)20-11)10-5-3-9(14)4-6-10/h3-6,11H,7-8H2,1-2H3,(H,15,18). The van der Waals surface area contributed by atoms with Crippen molar-refractivity contribution in [2.75, 3.05) is 32.1 Å². The summed E-state index contributed by atoms with van der Waals surface area (Å²) in [7, 11) is 3.25. The third-order valence-corrected chi connectivity index (χ3v) is 2.90. The minimum Gasteiger partial charge on any atom is -0.442 e. The van der Waals surface area contributed by atoms with Gasteiger partial charge in [-0.25, -0.2) is 14.0 Å². The topological polar surface area (TPSA) is 61.9 Å². The van der Waals surface area contributed by atoms with Gasteiger partial charge in [-0.15, -0.1) is 0 Å². The summed E-state index contributed by atoms with van der Waals surface area (Å²) < 4.78 is 18.0. The zero-order chi connectivity index (χ0) is 14.7. The van der Waals surface area contributed by atoms with Crippen molar-refractivity contribution in [2.45, 2.75) is 6.10 Å². The zero-order valence-corrected chi connectivity index (χ0v) is 11.3. The molecule has 0 aliphatic carbocycles. The van der Waals surface area contributed by atoms with Crippen molar-refractivity contribution in [3.8, 4) is 0 Å². The van der Waals surface area contributed by atoms with Crippen molar-refractivity contribution in [1.82, 2.24) is 10.2 Å². The molecule has 0 bridgehead atoms. The Morgan fingerprint density at radius 3 is 2.70 bits per heavy atom. The summed E-state index contributed by atoms with van der Waals surface area (Å²) in [5.41, 5.74) is 0.567. The maximum atomic E-state index is 12.8. The first-order valence-electron chi connectivity index (χ1n) is 6.16. The normalized spacial score (nSPS) is 17.9. The van der Waals surface area contributed by atoms with E-state index in [-0.39, 0.29) is 18.4 Å². The Hall–Kier alpha value is -2.31. The van der Waals surface area contributed by atoms with E-state index >= 15 is 0 Å². The molecule has 7 heteroatoms. The minimum atomic E-state index is -0.499. The maximum Gasteiger partial charge on any atom is 0.414 e. The molecule has 1 unspecified atom stereocenters. The van der Waals surface area contributed by atoms with Gasteiger partial charge in [0.2, 0.25) is 0 Å². The van der Waals surface area contributed by atoms with Gasteiger partial charge in [-0.05, 0) is 24.3 Å². The predicted molar refractivity (Wildman–Crippen MR) is 71.1 cm³/mol. The van der Waals surface area contributed by atoms with E-state index in [1.165, 1.54) is 34.1 Å². The van der Waals surface area contributed by atoms with Crippen LogP contribution in [0, 0.1) is 5.82 Å². The van der Waals surface area contributed by atoms with Gasteiger partial charge in [0, 0.05) is 19.8 Å². The molecule has 2 rings (SSSR count). The van der Waals surface area contributed by atoms with Crippen LogP contribution in [0.3, 0.4) is 0 Å². The summed E-state index contributed by atoms with van der Waals surface area (Å²) in [6.07, 6.45) is -0.919. The number of cyclic esters (lactones) is 1. The lowest BCUT2D eigenvalue weighted by molar-refractivity contribution is 0.139. The van der Waals surface area contributed by atoms with Gasteiger partial charge in [-0.1, -0.05) is 0 Å². The van der Waals surface area contributed by atoms with Crippen molar-refractivity contribution in [1.29, 1.82) is 0 Å². The molecule has 1 aliphatic heterocycles. The molecule has 3 amide bonds. The van der Waals surface area contributed by atoms with Crippen LogP contribution in [0.15, 0.2) is 24.3 Å². The number of ether oxygens (including phenoxy) is 1. The number of urea groups is 1.